The van der Waals surface area contributed by atoms with Crippen molar-refractivity contribution in [2.75, 3.05) is 18.2 Å². The van der Waals surface area contributed by atoms with Gasteiger partial charge in [0.2, 0.25) is 0 Å². The Hall–Kier alpha value is -1.36. The molecule has 1 aromatic rings. The zero-order valence-corrected chi connectivity index (χ0v) is 8.81. The molecule has 5 nitrogen and oxygen atoms in total. The lowest BCUT2D eigenvalue weighted by atomic mass is 10.2. The summed E-state index contributed by atoms with van der Waals surface area (Å²) < 4.78 is 5.30. The average molecular weight is 208 g/mol. The summed E-state index contributed by atoms with van der Waals surface area (Å²) >= 11 is 0. The number of hydrogen-bond donors (Lipinski definition) is 2. The fourth-order valence-corrected chi connectivity index (χ4v) is 1.95. The van der Waals surface area contributed by atoms with Crippen LogP contribution in [0.4, 0.5) is 11.6 Å². The quantitative estimate of drug-likeness (QED) is 0.776. The van der Waals surface area contributed by atoms with Crippen LogP contribution in [0, 0.1) is 0 Å². The second-order valence-electron chi connectivity index (χ2n) is 3.84. The SMILES string of the molecule is COC1CCC(Nc2cncc(N)n2)C1. The highest BCUT2D eigenvalue weighted by Crippen LogP contribution is 2.24. The van der Waals surface area contributed by atoms with Gasteiger partial charge in [-0.2, -0.15) is 0 Å². The molecule has 1 saturated carbocycles. The molecule has 15 heavy (non-hydrogen) atoms. The Morgan fingerprint density at radius 3 is 3.00 bits per heavy atom. The van der Waals surface area contributed by atoms with Crippen molar-refractivity contribution in [3.05, 3.63) is 12.4 Å². The summed E-state index contributed by atoms with van der Waals surface area (Å²) in [6, 6.07) is 0.422. The van der Waals surface area contributed by atoms with E-state index in [9.17, 15) is 0 Å². The van der Waals surface area contributed by atoms with Gasteiger partial charge in [-0.15, -0.1) is 0 Å². The number of ether oxygens (including phenoxy) is 1. The fourth-order valence-electron chi connectivity index (χ4n) is 1.95. The standard InChI is InChI=1S/C10H16N4O/c1-15-8-3-2-7(4-8)13-10-6-12-5-9(11)14-10/h5-8H,2-4H2,1H3,(H3,11,13,14). The second-order valence-corrected chi connectivity index (χ2v) is 3.84. The Morgan fingerprint density at radius 2 is 2.33 bits per heavy atom. The Morgan fingerprint density at radius 1 is 1.47 bits per heavy atom. The number of nitrogen functional groups attached to an aromatic ring is 1. The molecule has 2 unspecified atom stereocenters. The van der Waals surface area contributed by atoms with Crippen molar-refractivity contribution in [2.24, 2.45) is 0 Å². The molecule has 3 N–H and O–H groups in total. The van der Waals surface area contributed by atoms with Crippen LogP contribution in [-0.2, 0) is 4.74 Å². The van der Waals surface area contributed by atoms with Crippen LogP contribution in [0.1, 0.15) is 19.3 Å². The van der Waals surface area contributed by atoms with Gasteiger partial charge in [0.1, 0.15) is 11.6 Å². The van der Waals surface area contributed by atoms with Crippen molar-refractivity contribution >= 4 is 11.6 Å². The minimum atomic E-state index is 0.372. The molecule has 5 heteroatoms. The number of rotatable bonds is 3. The van der Waals surface area contributed by atoms with Gasteiger partial charge in [-0.3, -0.25) is 4.98 Å². The predicted molar refractivity (Wildman–Crippen MR) is 58.5 cm³/mol. The smallest absolute Gasteiger partial charge is 0.147 e. The highest BCUT2D eigenvalue weighted by molar-refractivity contribution is 5.39. The summed E-state index contributed by atoms with van der Waals surface area (Å²) in [7, 11) is 1.76. The summed E-state index contributed by atoms with van der Waals surface area (Å²) in [5, 5.41) is 3.31. The third-order valence-corrected chi connectivity index (χ3v) is 2.72. The summed E-state index contributed by atoms with van der Waals surface area (Å²) in [5.74, 6) is 1.19. The minimum absolute atomic E-state index is 0.372. The van der Waals surface area contributed by atoms with E-state index in [4.69, 9.17) is 10.5 Å². The maximum absolute atomic E-state index is 5.55. The van der Waals surface area contributed by atoms with Gasteiger partial charge < -0.3 is 15.8 Å². The van der Waals surface area contributed by atoms with Crippen LogP contribution in [0.25, 0.3) is 0 Å². The zero-order chi connectivity index (χ0) is 10.7. The first-order valence-electron chi connectivity index (χ1n) is 5.15. The molecule has 1 fully saturated rings. The normalized spacial score (nSPS) is 25.4. The molecule has 1 aromatic heterocycles. The molecule has 0 spiro atoms. The van der Waals surface area contributed by atoms with Crippen molar-refractivity contribution < 1.29 is 4.74 Å². The molecule has 0 aliphatic heterocycles. The van der Waals surface area contributed by atoms with Crippen LogP contribution in [-0.4, -0.2) is 29.2 Å². The van der Waals surface area contributed by atoms with Gasteiger partial charge in [0.05, 0.1) is 18.5 Å². The maximum atomic E-state index is 5.55. The lowest BCUT2D eigenvalue weighted by Gasteiger charge is -2.13. The Bertz CT molecular complexity index is 331. The minimum Gasteiger partial charge on any atom is -0.382 e. The van der Waals surface area contributed by atoms with Crippen molar-refractivity contribution in [2.45, 2.75) is 31.4 Å². The molecule has 1 aliphatic carbocycles. The number of anilines is 2. The maximum Gasteiger partial charge on any atom is 0.147 e. The monoisotopic (exact) mass is 208 g/mol. The topological polar surface area (TPSA) is 73.1 Å². The first-order chi connectivity index (χ1) is 7.28. The summed E-state index contributed by atoms with van der Waals surface area (Å²) in [6.45, 7) is 0. The third kappa shape index (κ3) is 2.56. The molecule has 1 aliphatic rings. The molecule has 82 valence electrons. The number of nitrogens with two attached hydrogens (primary N) is 1. The summed E-state index contributed by atoms with van der Waals surface area (Å²) in [6.07, 6.45) is 6.83. The van der Waals surface area contributed by atoms with E-state index in [1.54, 1.807) is 13.3 Å². The molecular weight excluding hydrogens is 192 g/mol. The predicted octanol–water partition coefficient (Wildman–Crippen LogP) is 1.04. The van der Waals surface area contributed by atoms with Crippen molar-refractivity contribution in [1.29, 1.82) is 0 Å². The molecule has 0 radical (unpaired) electrons. The van der Waals surface area contributed by atoms with Crippen LogP contribution >= 0.6 is 0 Å². The van der Waals surface area contributed by atoms with E-state index in [2.05, 4.69) is 15.3 Å². The Balaban J connectivity index is 1.92. The van der Waals surface area contributed by atoms with Crippen LogP contribution in [0.2, 0.25) is 0 Å². The van der Waals surface area contributed by atoms with E-state index in [-0.39, 0.29) is 0 Å². The van der Waals surface area contributed by atoms with E-state index in [1.807, 2.05) is 0 Å². The molecule has 2 rings (SSSR count). The van der Waals surface area contributed by atoms with Crippen molar-refractivity contribution in [1.82, 2.24) is 9.97 Å². The Labute approximate surface area is 89.1 Å². The fraction of sp³-hybridized carbons (Fsp3) is 0.600. The van der Waals surface area contributed by atoms with Crippen LogP contribution < -0.4 is 11.1 Å². The molecule has 0 bridgehead atoms. The molecule has 0 amide bonds. The van der Waals surface area contributed by atoms with Crippen LogP contribution in [0.5, 0.6) is 0 Å². The first-order valence-corrected chi connectivity index (χ1v) is 5.15. The molecule has 1 heterocycles. The average Bonchev–Trinajstić information content (AvgIpc) is 2.65. The molecule has 0 aromatic carbocycles. The Kier molecular flexibility index (Phi) is 3.01. The summed E-state index contributed by atoms with van der Waals surface area (Å²) in [5.41, 5.74) is 5.55. The van der Waals surface area contributed by atoms with Gasteiger partial charge >= 0.3 is 0 Å². The highest BCUT2D eigenvalue weighted by Gasteiger charge is 2.24. The van der Waals surface area contributed by atoms with Crippen LogP contribution in [0.15, 0.2) is 12.4 Å². The number of hydrogen-bond acceptors (Lipinski definition) is 5. The lowest BCUT2D eigenvalue weighted by molar-refractivity contribution is 0.108. The molecule has 2 atom stereocenters. The van der Waals surface area contributed by atoms with E-state index in [0.29, 0.717) is 18.0 Å². The van der Waals surface area contributed by atoms with Crippen molar-refractivity contribution in [3.8, 4) is 0 Å². The van der Waals surface area contributed by atoms with Gasteiger partial charge in [-0.05, 0) is 19.3 Å². The lowest BCUT2D eigenvalue weighted by Crippen LogP contribution is -2.18. The van der Waals surface area contributed by atoms with Gasteiger partial charge in [-0.25, -0.2) is 4.98 Å². The van der Waals surface area contributed by atoms with Gasteiger partial charge in [0.15, 0.2) is 0 Å². The number of aromatic nitrogens is 2. The largest absolute Gasteiger partial charge is 0.382 e. The first kappa shape index (κ1) is 10.2. The van der Waals surface area contributed by atoms with E-state index < -0.39 is 0 Å². The highest BCUT2D eigenvalue weighted by atomic mass is 16.5. The third-order valence-electron chi connectivity index (χ3n) is 2.72. The summed E-state index contributed by atoms with van der Waals surface area (Å²) in [4.78, 5) is 8.14. The van der Waals surface area contributed by atoms with Gasteiger partial charge in [-0.1, -0.05) is 0 Å². The zero-order valence-electron chi connectivity index (χ0n) is 8.81. The number of nitrogens with one attached hydrogen (secondary N) is 1. The van der Waals surface area contributed by atoms with Gasteiger partial charge in [0.25, 0.3) is 0 Å². The second kappa shape index (κ2) is 4.44. The van der Waals surface area contributed by atoms with E-state index in [1.165, 1.54) is 6.20 Å². The molecular formula is C10H16N4O. The number of nitrogens with zero attached hydrogens (tertiary/aromatic N) is 2. The van der Waals surface area contributed by atoms with Gasteiger partial charge in [0, 0.05) is 13.2 Å². The van der Waals surface area contributed by atoms with Crippen molar-refractivity contribution in [3.63, 3.8) is 0 Å². The van der Waals surface area contributed by atoms with E-state index >= 15 is 0 Å². The number of methoxy groups -OCH3 is 1. The van der Waals surface area contributed by atoms with Crippen LogP contribution in [0.3, 0.4) is 0 Å². The molecule has 0 saturated heterocycles. The van der Waals surface area contributed by atoms with E-state index in [0.717, 1.165) is 25.1 Å².